The van der Waals surface area contributed by atoms with Crippen LogP contribution >= 0.6 is 0 Å². The van der Waals surface area contributed by atoms with Crippen LogP contribution in [0.1, 0.15) is 44.7 Å². The molecule has 2 aliphatic rings. The summed E-state index contributed by atoms with van der Waals surface area (Å²) in [6.07, 6.45) is 3.17. The van der Waals surface area contributed by atoms with Gasteiger partial charge >= 0.3 is 0 Å². The van der Waals surface area contributed by atoms with Crippen LogP contribution in [0, 0.1) is 6.92 Å². The van der Waals surface area contributed by atoms with Gasteiger partial charge in [0.25, 0.3) is 0 Å². The molecule has 0 saturated carbocycles. The molecular weight excluding hydrogens is 334 g/mol. The van der Waals surface area contributed by atoms with Gasteiger partial charge in [0.1, 0.15) is 11.9 Å². The van der Waals surface area contributed by atoms with Crippen molar-refractivity contribution in [2.75, 3.05) is 24.5 Å². The molecule has 1 atom stereocenters. The fraction of sp³-hybridized carbons (Fsp3) is 0.667. The van der Waals surface area contributed by atoms with Gasteiger partial charge in [-0.3, -0.25) is 19.3 Å². The summed E-state index contributed by atoms with van der Waals surface area (Å²) in [6, 6.07) is 1.32. The number of nitrogens with one attached hydrogen (secondary N) is 1. The van der Waals surface area contributed by atoms with E-state index in [1.165, 1.54) is 0 Å². The normalized spacial score (nSPS) is 18.2. The second-order valence-electron chi connectivity index (χ2n) is 6.93. The summed E-state index contributed by atoms with van der Waals surface area (Å²) in [6.45, 7) is 6.33. The molecule has 1 unspecified atom stereocenters. The lowest BCUT2D eigenvalue weighted by molar-refractivity contribution is -0.128. The van der Waals surface area contributed by atoms with E-state index < -0.39 is 6.04 Å². The lowest BCUT2D eigenvalue weighted by atomic mass is 10.1. The van der Waals surface area contributed by atoms with E-state index in [0.29, 0.717) is 44.7 Å². The van der Waals surface area contributed by atoms with Crippen molar-refractivity contribution in [2.24, 2.45) is 0 Å². The first kappa shape index (κ1) is 18.4. The maximum Gasteiger partial charge on any atom is 0.243 e. The van der Waals surface area contributed by atoms with Crippen molar-refractivity contribution in [3.63, 3.8) is 0 Å². The van der Waals surface area contributed by atoms with Gasteiger partial charge in [-0.15, -0.1) is 0 Å². The smallest absolute Gasteiger partial charge is 0.243 e. The zero-order valence-corrected chi connectivity index (χ0v) is 15.5. The Labute approximate surface area is 153 Å². The van der Waals surface area contributed by atoms with E-state index in [2.05, 4.69) is 10.4 Å². The number of anilines is 1. The Bertz CT molecular complexity index is 699. The van der Waals surface area contributed by atoms with Gasteiger partial charge < -0.3 is 10.2 Å². The Morgan fingerprint density at radius 3 is 2.77 bits per heavy atom. The Morgan fingerprint density at radius 1 is 1.27 bits per heavy atom. The molecule has 0 radical (unpaired) electrons. The molecule has 0 aliphatic carbocycles. The van der Waals surface area contributed by atoms with Crippen molar-refractivity contribution in [3.05, 3.63) is 11.8 Å². The SMILES string of the molecule is CCC(C(=O)NCCCN1CCCC1=O)N1C(=O)CCn2nc(C)cc21. The Kier molecular flexibility index (Phi) is 5.58. The first-order valence-electron chi connectivity index (χ1n) is 9.43. The molecule has 1 fully saturated rings. The lowest BCUT2D eigenvalue weighted by Crippen LogP contribution is -2.52. The standard InChI is InChI=1S/C18H27N5O3/c1-3-14(18(26)19-8-5-10-21-9-4-6-16(21)24)23-15-12-13(2)20-22(15)11-7-17(23)25/h12,14H,3-11H2,1-2H3,(H,19,26). The van der Waals surface area contributed by atoms with Crippen LogP contribution in [-0.2, 0) is 20.9 Å². The molecule has 26 heavy (non-hydrogen) atoms. The van der Waals surface area contributed by atoms with Crippen LogP contribution in [0.2, 0.25) is 0 Å². The molecule has 2 aliphatic heterocycles. The van der Waals surface area contributed by atoms with Crippen LogP contribution in [-0.4, -0.2) is 58.1 Å². The highest BCUT2D eigenvalue weighted by molar-refractivity contribution is 6.00. The fourth-order valence-electron chi connectivity index (χ4n) is 3.70. The molecule has 3 rings (SSSR count). The van der Waals surface area contributed by atoms with Crippen molar-refractivity contribution in [2.45, 2.75) is 58.5 Å². The summed E-state index contributed by atoms with van der Waals surface area (Å²) in [5.74, 6) is 0.705. The first-order chi connectivity index (χ1) is 12.5. The van der Waals surface area contributed by atoms with Crippen LogP contribution in [0.15, 0.2) is 6.07 Å². The van der Waals surface area contributed by atoms with Crippen LogP contribution in [0.4, 0.5) is 5.82 Å². The molecule has 1 N–H and O–H groups in total. The number of amides is 3. The van der Waals surface area contributed by atoms with E-state index >= 15 is 0 Å². The van der Waals surface area contributed by atoms with Gasteiger partial charge in [-0.05, 0) is 26.2 Å². The van der Waals surface area contributed by atoms with E-state index in [1.807, 2.05) is 24.8 Å². The number of likely N-dealkylation sites (tertiary alicyclic amines) is 1. The second-order valence-corrected chi connectivity index (χ2v) is 6.93. The molecule has 3 amide bonds. The van der Waals surface area contributed by atoms with Crippen molar-refractivity contribution in [1.82, 2.24) is 20.0 Å². The molecule has 1 aromatic heterocycles. The predicted octanol–water partition coefficient (Wildman–Crippen LogP) is 0.836. The number of nitrogens with zero attached hydrogens (tertiary/aromatic N) is 4. The summed E-state index contributed by atoms with van der Waals surface area (Å²) >= 11 is 0. The number of carbonyl (C=O) groups excluding carboxylic acids is 3. The van der Waals surface area contributed by atoms with Crippen LogP contribution in [0.5, 0.6) is 0 Å². The Hall–Kier alpha value is -2.38. The number of hydrogen-bond donors (Lipinski definition) is 1. The Morgan fingerprint density at radius 2 is 2.08 bits per heavy atom. The monoisotopic (exact) mass is 361 g/mol. The maximum absolute atomic E-state index is 12.7. The molecule has 0 aromatic carbocycles. The van der Waals surface area contributed by atoms with Crippen LogP contribution in [0.3, 0.4) is 0 Å². The zero-order valence-electron chi connectivity index (χ0n) is 15.5. The molecule has 0 spiro atoms. The zero-order chi connectivity index (χ0) is 18.7. The van der Waals surface area contributed by atoms with E-state index in [9.17, 15) is 14.4 Å². The highest BCUT2D eigenvalue weighted by atomic mass is 16.2. The third-order valence-electron chi connectivity index (χ3n) is 5.01. The van der Waals surface area contributed by atoms with Crippen molar-refractivity contribution in [3.8, 4) is 0 Å². The first-order valence-corrected chi connectivity index (χ1v) is 9.43. The van der Waals surface area contributed by atoms with Crippen LogP contribution in [0.25, 0.3) is 0 Å². The summed E-state index contributed by atoms with van der Waals surface area (Å²) in [5, 5.41) is 7.32. The topological polar surface area (TPSA) is 87.5 Å². The summed E-state index contributed by atoms with van der Waals surface area (Å²) in [4.78, 5) is 40.2. The average Bonchev–Trinajstić information content (AvgIpc) is 3.19. The van der Waals surface area contributed by atoms with Crippen molar-refractivity contribution < 1.29 is 14.4 Å². The van der Waals surface area contributed by atoms with Crippen molar-refractivity contribution >= 4 is 23.5 Å². The molecule has 8 nitrogen and oxygen atoms in total. The van der Waals surface area contributed by atoms with Gasteiger partial charge in [0, 0.05) is 38.5 Å². The largest absolute Gasteiger partial charge is 0.354 e. The molecular formula is C18H27N5O3. The molecule has 3 heterocycles. The maximum atomic E-state index is 12.7. The molecule has 142 valence electrons. The quantitative estimate of drug-likeness (QED) is 0.729. The Balaban J connectivity index is 1.58. The molecule has 8 heteroatoms. The van der Waals surface area contributed by atoms with Crippen molar-refractivity contribution in [1.29, 1.82) is 0 Å². The summed E-state index contributed by atoms with van der Waals surface area (Å²) < 4.78 is 1.80. The molecule has 1 aromatic rings. The van der Waals surface area contributed by atoms with Gasteiger partial charge in [0.15, 0.2) is 0 Å². The minimum Gasteiger partial charge on any atom is -0.354 e. The number of fused-ring (bicyclic) bond motifs is 1. The summed E-state index contributed by atoms with van der Waals surface area (Å²) in [7, 11) is 0. The number of carbonyl (C=O) groups is 3. The van der Waals surface area contributed by atoms with Gasteiger partial charge in [-0.1, -0.05) is 6.92 Å². The lowest BCUT2D eigenvalue weighted by Gasteiger charge is -2.33. The third-order valence-corrected chi connectivity index (χ3v) is 5.01. The van der Waals surface area contributed by atoms with Gasteiger partial charge in [0.2, 0.25) is 17.7 Å². The van der Waals surface area contributed by atoms with Gasteiger partial charge in [-0.25, -0.2) is 4.68 Å². The number of hydrogen-bond acceptors (Lipinski definition) is 4. The summed E-state index contributed by atoms with van der Waals surface area (Å²) in [5.41, 5.74) is 0.838. The minimum atomic E-state index is -0.536. The highest BCUT2D eigenvalue weighted by Crippen LogP contribution is 2.26. The highest BCUT2D eigenvalue weighted by Gasteiger charge is 2.34. The molecule has 0 bridgehead atoms. The average molecular weight is 361 g/mol. The number of aromatic nitrogens is 2. The van der Waals surface area contributed by atoms with Gasteiger partial charge in [0.05, 0.1) is 12.2 Å². The number of aryl methyl sites for hydroxylation is 2. The second kappa shape index (κ2) is 7.88. The number of rotatable bonds is 7. The van der Waals surface area contributed by atoms with E-state index in [-0.39, 0.29) is 17.7 Å². The minimum absolute atomic E-state index is 0.0398. The third kappa shape index (κ3) is 3.73. The van der Waals surface area contributed by atoms with E-state index in [1.54, 1.807) is 9.58 Å². The predicted molar refractivity (Wildman–Crippen MR) is 96.6 cm³/mol. The van der Waals surface area contributed by atoms with Crippen LogP contribution < -0.4 is 10.2 Å². The van der Waals surface area contributed by atoms with Gasteiger partial charge in [-0.2, -0.15) is 5.10 Å². The van der Waals surface area contributed by atoms with E-state index in [4.69, 9.17) is 0 Å². The van der Waals surface area contributed by atoms with E-state index in [0.717, 1.165) is 25.1 Å². The molecule has 1 saturated heterocycles. The fourth-order valence-corrected chi connectivity index (χ4v) is 3.70.